The van der Waals surface area contributed by atoms with Gasteiger partial charge in [0.25, 0.3) is 0 Å². The van der Waals surface area contributed by atoms with Gasteiger partial charge in [0.2, 0.25) is 0 Å². The summed E-state index contributed by atoms with van der Waals surface area (Å²) in [6, 6.07) is 8.41. The largest absolute Gasteiger partial charge is 0.299 e. The fourth-order valence-corrected chi connectivity index (χ4v) is 2.40. The molecule has 0 amide bonds. The summed E-state index contributed by atoms with van der Waals surface area (Å²) in [6.07, 6.45) is 5.01. The lowest BCUT2D eigenvalue weighted by Gasteiger charge is -2.26. The van der Waals surface area contributed by atoms with Gasteiger partial charge < -0.3 is 0 Å². The van der Waals surface area contributed by atoms with Crippen molar-refractivity contribution in [2.75, 3.05) is 13.1 Å². The van der Waals surface area contributed by atoms with Gasteiger partial charge in [0.05, 0.1) is 0 Å². The molecule has 1 fully saturated rings. The number of likely N-dealkylation sites (tertiary alicyclic amines) is 1. The topological polar surface area (TPSA) is 50.8 Å². The van der Waals surface area contributed by atoms with Gasteiger partial charge in [-0.15, -0.1) is 0 Å². The lowest BCUT2D eigenvalue weighted by Crippen LogP contribution is -2.29. The monoisotopic (exact) mass is 269 g/mol. The van der Waals surface area contributed by atoms with Crippen molar-refractivity contribution in [1.29, 1.82) is 10.5 Å². The maximum Gasteiger partial charge on any atom is 0.130 e. The molecule has 0 N–H and O–H groups in total. The molecule has 0 unspecified atom stereocenters. The number of hydrogen-bond donors (Lipinski definition) is 0. The fourth-order valence-electron chi connectivity index (χ4n) is 2.40. The van der Waals surface area contributed by atoms with E-state index in [0.29, 0.717) is 17.7 Å². The van der Waals surface area contributed by atoms with Crippen molar-refractivity contribution < 1.29 is 4.39 Å². The Morgan fingerprint density at radius 1 is 1.20 bits per heavy atom. The molecule has 1 saturated heterocycles. The minimum atomic E-state index is -0.278. The molecule has 102 valence electrons. The van der Waals surface area contributed by atoms with Crippen LogP contribution >= 0.6 is 0 Å². The molecule has 0 bridgehead atoms. The average Bonchev–Trinajstić information content (AvgIpc) is 2.48. The molecule has 3 nitrogen and oxygen atoms in total. The maximum atomic E-state index is 14.0. The smallest absolute Gasteiger partial charge is 0.130 e. The fraction of sp³-hybridized carbons (Fsp3) is 0.375. The predicted molar refractivity (Wildman–Crippen MR) is 74.7 cm³/mol. The van der Waals surface area contributed by atoms with Crippen LogP contribution in [0.4, 0.5) is 4.39 Å². The molecule has 0 atom stereocenters. The van der Waals surface area contributed by atoms with Gasteiger partial charge in [-0.05, 0) is 43.6 Å². The molecule has 0 saturated carbocycles. The molecule has 1 aliphatic heterocycles. The molecule has 0 spiro atoms. The minimum Gasteiger partial charge on any atom is -0.299 e. The van der Waals surface area contributed by atoms with Crippen LogP contribution in [0.1, 0.15) is 30.4 Å². The number of allylic oxidation sites excluding steroid dienone is 1. The Morgan fingerprint density at radius 2 is 1.90 bits per heavy atom. The first kappa shape index (κ1) is 14.2. The molecule has 1 aromatic carbocycles. The summed E-state index contributed by atoms with van der Waals surface area (Å²) >= 11 is 0. The zero-order chi connectivity index (χ0) is 14.4. The minimum absolute atomic E-state index is 0.0202. The van der Waals surface area contributed by atoms with Crippen molar-refractivity contribution in [1.82, 2.24) is 4.90 Å². The Labute approximate surface area is 118 Å². The van der Waals surface area contributed by atoms with Gasteiger partial charge in [0.15, 0.2) is 0 Å². The molecule has 4 heteroatoms. The van der Waals surface area contributed by atoms with Gasteiger partial charge in [-0.25, -0.2) is 4.39 Å². The average molecular weight is 269 g/mol. The Bertz CT molecular complexity index is 571. The third-order valence-corrected chi connectivity index (χ3v) is 3.47. The van der Waals surface area contributed by atoms with Crippen LogP contribution in [0.25, 0.3) is 6.08 Å². The van der Waals surface area contributed by atoms with E-state index in [4.69, 9.17) is 10.5 Å². The van der Waals surface area contributed by atoms with Crippen LogP contribution in [0.3, 0.4) is 0 Å². The van der Waals surface area contributed by atoms with E-state index >= 15 is 0 Å². The summed E-state index contributed by atoms with van der Waals surface area (Å²) in [6.45, 7) is 2.67. The van der Waals surface area contributed by atoms with Gasteiger partial charge in [0.1, 0.15) is 23.5 Å². The zero-order valence-corrected chi connectivity index (χ0v) is 11.3. The highest BCUT2D eigenvalue weighted by Gasteiger charge is 2.12. The van der Waals surface area contributed by atoms with Crippen molar-refractivity contribution in [3.05, 3.63) is 40.7 Å². The highest BCUT2D eigenvalue weighted by Crippen LogP contribution is 2.17. The highest BCUT2D eigenvalue weighted by atomic mass is 19.1. The lowest BCUT2D eigenvalue weighted by atomic mass is 10.1. The van der Waals surface area contributed by atoms with E-state index in [1.54, 1.807) is 24.3 Å². The molecule has 20 heavy (non-hydrogen) atoms. The number of nitriles is 2. The molecule has 1 heterocycles. The SMILES string of the molecule is N#CC(C#N)=Cc1ccc(CN2CCCCC2)c(F)c1. The van der Waals surface area contributed by atoms with E-state index in [1.165, 1.54) is 31.4 Å². The van der Waals surface area contributed by atoms with Gasteiger partial charge in [0, 0.05) is 12.1 Å². The first-order valence-electron chi connectivity index (χ1n) is 6.75. The molecule has 0 aliphatic carbocycles. The maximum absolute atomic E-state index is 14.0. The summed E-state index contributed by atoms with van der Waals surface area (Å²) in [5.74, 6) is -0.278. The Balaban J connectivity index is 2.12. The molecule has 0 radical (unpaired) electrons. The molecular formula is C16H16FN3. The van der Waals surface area contributed by atoms with Crippen LogP contribution in [0.2, 0.25) is 0 Å². The van der Waals surface area contributed by atoms with Crippen LogP contribution in [-0.4, -0.2) is 18.0 Å². The third-order valence-electron chi connectivity index (χ3n) is 3.47. The normalized spacial score (nSPS) is 15.2. The van der Waals surface area contributed by atoms with Crippen LogP contribution in [0.15, 0.2) is 23.8 Å². The summed E-state index contributed by atoms with van der Waals surface area (Å²) in [5.41, 5.74) is 1.19. The van der Waals surface area contributed by atoms with E-state index < -0.39 is 0 Å². The summed E-state index contributed by atoms with van der Waals surface area (Å²) in [7, 11) is 0. The van der Waals surface area contributed by atoms with Gasteiger partial charge in [-0.2, -0.15) is 10.5 Å². The van der Waals surface area contributed by atoms with Gasteiger partial charge >= 0.3 is 0 Å². The molecular weight excluding hydrogens is 253 g/mol. The highest BCUT2D eigenvalue weighted by molar-refractivity contribution is 5.62. The summed E-state index contributed by atoms with van der Waals surface area (Å²) in [5, 5.41) is 17.4. The number of rotatable bonds is 3. The van der Waals surface area contributed by atoms with Crippen molar-refractivity contribution in [3.63, 3.8) is 0 Å². The molecule has 1 aliphatic rings. The van der Waals surface area contributed by atoms with Crippen LogP contribution in [0.5, 0.6) is 0 Å². The van der Waals surface area contributed by atoms with E-state index in [2.05, 4.69) is 4.90 Å². The first-order chi connectivity index (χ1) is 9.72. The zero-order valence-electron chi connectivity index (χ0n) is 11.3. The van der Waals surface area contributed by atoms with Crippen molar-refractivity contribution >= 4 is 6.08 Å². The molecule has 1 aromatic rings. The second kappa shape index (κ2) is 6.84. The second-order valence-corrected chi connectivity index (χ2v) is 4.97. The van der Waals surface area contributed by atoms with E-state index in [-0.39, 0.29) is 11.4 Å². The van der Waals surface area contributed by atoms with E-state index in [0.717, 1.165) is 13.1 Å². The van der Waals surface area contributed by atoms with Crippen molar-refractivity contribution in [2.45, 2.75) is 25.8 Å². The van der Waals surface area contributed by atoms with Gasteiger partial charge in [-0.3, -0.25) is 4.90 Å². The lowest BCUT2D eigenvalue weighted by molar-refractivity contribution is 0.218. The van der Waals surface area contributed by atoms with Crippen molar-refractivity contribution in [2.24, 2.45) is 0 Å². The number of benzene rings is 1. The Hall–Kier alpha value is -2.17. The van der Waals surface area contributed by atoms with Crippen LogP contribution in [0, 0.1) is 28.5 Å². The summed E-state index contributed by atoms with van der Waals surface area (Å²) < 4.78 is 14.0. The van der Waals surface area contributed by atoms with Crippen molar-refractivity contribution in [3.8, 4) is 12.1 Å². The molecule has 0 aromatic heterocycles. The number of hydrogen-bond acceptors (Lipinski definition) is 3. The predicted octanol–water partition coefficient (Wildman–Crippen LogP) is 3.24. The standard InChI is InChI=1S/C16H16FN3/c17-16-9-13(8-14(10-18)11-19)4-5-15(16)12-20-6-2-1-3-7-20/h4-5,8-9H,1-3,6-7,12H2. The number of piperidine rings is 1. The Morgan fingerprint density at radius 3 is 2.50 bits per heavy atom. The van der Waals surface area contributed by atoms with Crippen LogP contribution < -0.4 is 0 Å². The van der Waals surface area contributed by atoms with E-state index in [1.807, 2.05) is 0 Å². The number of nitrogens with zero attached hydrogens (tertiary/aromatic N) is 3. The quantitative estimate of drug-likeness (QED) is 0.791. The third kappa shape index (κ3) is 3.66. The first-order valence-corrected chi connectivity index (χ1v) is 6.75. The van der Waals surface area contributed by atoms with Gasteiger partial charge in [-0.1, -0.05) is 18.6 Å². The van der Waals surface area contributed by atoms with Crippen LogP contribution in [-0.2, 0) is 6.54 Å². The Kier molecular flexibility index (Phi) is 4.87. The molecule has 2 rings (SSSR count). The van der Waals surface area contributed by atoms with E-state index in [9.17, 15) is 4.39 Å². The number of halogens is 1. The summed E-state index contributed by atoms with van der Waals surface area (Å²) in [4.78, 5) is 2.26. The second-order valence-electron chi connectivity index (χ2n) is 4.97.